The van der Waals surface area contributed by atoms with Crippen molar-refractivity contribution in [2.24, 2.45) is 5.92 Å². The van der Waals surface area contributed by atoms with Gasteiger partial charge in [0.2, 0.25) is 0 Å². The van der Waals surface area contributed by atoms with Crippen molar-refractivity contribution in [1.29, 1.82) is 0 Å². The molecule has 3 N–H and O–H groups in total. The zero-order valence-corrected chi connectivity index (χ0v) is 8.30. The second-order valence-electron chi connectivity index (χ2n) is 2.76. The van der Waals surface area contributed by atoms with Crippen LogP contribution in [0.4, 0.5) is 0 Å². The van der Waals surface area contributed by atoms with Crippen molar-refractivity contribution in [3.05, 3.63) is 0 Å². The summed E-state index contributed by atoms with van der Waals surface area (Å²) in [4.78, 5) is 0. The van der Waals surface area contributed by atoms with Crippen LogP contribution in [0, 0.1) is 5.92 Å². The van der Waals surface area contributed by atoms with Crippen molar-refractivity contribution >= 4 is 0 Å². The monoisotopic (exact) mass is 275 g/mol. The fraction of sp³-hybridized carbons (Fsp3) is 1.00. The van der Waals surface area contributed by atoms with Gasteiger partial charge in [-0.2, -0.15) is 0 Å². The summed E-state index contributed by atoms with van der Waals surface area (Å²) >= 11 is -0.994. The molecule has 0 radical (unpaired) electrons. The average Bonchev–Trinajstić information content (AvgIpc) is 1.97. The van der Waals surface area contributed by atoms with Gasteiger partial charge in [-0.05, 0) is 0 Å². The zero-order valence-electron chi connectivity index (χ0n) is 6.14. The van der Waals surface area contributed by atoms with Gasteiger partial charge in [0.1, 0.15) is 0 Å². The van der Waals surface area contributed by atoms with Crippen molar-refractivity contribution in [2.45, 2.75) is 29.8 Å². The van der Waals surface area contributed by atoms with E-state index >= 15 is 0 Å². The first-order chi connectivity index (χ1) is 5.15. The summed E-state index contributed by atoms with van der Waals surface area (Å²) in [5.41, 5.74) is 0. The van der Waals surface area contributed by atoms with Gasteiger partial charge in [0.25, 0.3) is 0 Å². The number of alkyl halides is 1. The molecule has 0 saturated carbocycles. The first-order valence-corrected chi connectivity index (χ1v) is 5.65. The number of ether oxygens (including phenoxy) is 1. The summed E-state index contributed by atoms with van der Waals surface area (Å²) < 4.78 is 13.6. The maximum absolute atomic E-state index is 9.12. The summed E-state index contributed by atoms with van der Waals surface area (Å²) in [5, 5.41) is 18.1. The van der Waals surface area contributed by atoms with Crippen molar-refractivity contribution in [2.75, 3.05) is 0 Å². The Bertz CT molecular complexity index is 132. The number of halogens is 1. The first-order valence-electron chi connectivity index (χ1n) is 3.44. The Hall–Kier alpha value is 0.570. The Kier molecular flexibility index (Phi) is 3.51. The molecular formula is C6H12IO4-. The average molecular weight is 275 g/mol. The molecule has 0 aromatic carbocycles. The van der Waals surface area contributed by atoms with Crippen LogP contribution in [0.5, 0.6) is 0 Å². The topological polar surface area (TPSA) is 69.9 Å². The Morgan fingerprint density at radius 3 is 2.64 bits per heavy atom. The molecular weight excluding hydrogens is 263 g/mol. The van der Waals surface area contributed by atoms with E-state index in [0.29, 0.717) is 6.42 Å². The minimum absolute atomic E-state index is 0.145. The molecule has 1 rings (SSSR count). The molecule has 68 valence electrons. The Morgan fingerprint density at radius 2 is 2.09 bits per heavy atom. The molecule has 1 aliphatic heterocycles. The Morgan fingerprint density at radius 1 is 1.45 bits per heavy atom. The van der Waals surface area contributed by atoms with E-state index in [-0.39, 0.29) is 10.0 Å². The van der Waals surface area contributed by atoms with E-state index in [0.717, 1.165) is 0 Å². The first kappa shape index (κ1) is 9.66. The van der Waals surface area contributed by atoms with Crippen molar-refractivity contribution < 1.29 is 40.0 Å². The van der Waals surface area contributed by atoms with Crippen molar-refractivity contribution in [3.63, 3.8) is 0 Å². The van der Waals surface area contributed by atoms with Crippen LogP contribution in [0.15, 0.2) is 0 Å². The standard InChI is InChI=1S/C6H12IO4/c1-3-2-4(8)6(9)11-5(3)7-10/h3-6,8-10H,2H2,1H3/q-1/t3-,4+,5-,6?/m1/s1. The maximum atomic E-state index is 9.12. The third kappa shape index (κ3) is 2.25. The van der Waals surface area contributed by atoms with Gasteiger partial charge in [0.15, 0.2) is 0 Å². The van der Waals surface area contributed by atoms with Gasteiger partial charge in [-0.15, -0.1) is 0 Å². The molecule has 0 aromatic heterocycles. The molecule has 1 unspecified atom stereocenters. The molecule has 4 atom stereocenters. The molecule has 5 heteroatoms. The minimum atomic E-state index is -1.11. The SMILES string of the molecule is C[C@@H]1C[C@H](O)C(O)O[C@H]1[I-]O. The predicted octanol–water partition coefficient (Wildman–Crippen LogP) is -3.96. The molecule has 1 saturated heterocycles. The molecule has 0 bridgehead atoms. The Labute approximate surface area is 76.0 Å². The number of hydrogen-bond acceptors (Lipinski definition) is 4. The summed E-state index contributed by atoms with van der Waals surface area (Å²) in [6, 6.07) is 0. The molecule has 4 nitrogen and oxygen atoms in total. The van der Waals surface area contributed by atoms with Gasteiger partial charge < -0.3 is 0 Å². The van der Waals surface area contributed by atoms with Crippen molar-refractivity contribution in [3.8, 4) is 0 Å². The van der Waals surface area contributed by atoms with Gasteiger partial charge in [-0.1, -0.05) is 0 Å². The number of aliphatic hydroxyl groups is 2. The van der Waals surface area contributed by atoms with Crippen molar-refractivity contribution in [1.82, 2.24) is 0 Å². The van der Waals surface area contributed by atoms with Crippen LogP contribution in [-0.2, 0) is 4.74 Å². The molecule has 0 aliphatic carbocycles. The van der Waals surface area contributed by atoms with Crippen LogP contribution in [0.25, 0.3) is 0 Å². The van der Waals surface area contributed by atoms with Gasteiger partial charge in [-0.25, -0.2) is 0 Å². The van der Waals surface area contributed by atoms with Crippen LogP contribution < -0.4 is 21.6 Å². The Balaban J connectivity index is 2.48. The van der Waals surface area contributed by atoms with Gasteiger partial charge >= 0.3 is 75.8 Å². The third-order valence-corrected chi connectivity index (χ3v) is 3.83. The van der Waals surface area contributed by atoms with E-state index in [1.807, 2.05) is 6.92 Å². The van der Waals surface area contributed by atoms with Crippen LogP contribution >= 0.6 is 0 Å². The van der Waals surface area contributed by atoms with E-state index in [4.69, 9.17) is 18.4 Å². The molecule has 1 aliphatic rings. The molecule has 1 heterocycles. The third-order valence-electron chi connectivity index (χ3n) is 1.76. The molecule has 0 spiro atoms. The van der Waals surface area contributed by atoms with E-state index in [1.165, 1.54) is 0 Å². The molecule has 0 aromatic rings. The van der Waals surface area contributed by atoms with Crippen LogP contribution in [-0.4, -0.2) is 30.2 Å². The number of rotatable bonds is 1. The van der Waals surface area contributed by atoms with Crippen LogP contribution in [0.2, 0.25) is 0 Å². The molecule has 11 heavy (non-hydrogen) atoms. The van der Waals surface area contributed by atoms with E-state index in [2.05, 4.69) is 0 Å². The van der Waals surface area contributed by atoms with Gasteiger partial charge in [0.05, 0.1) is 0 Å². The normalized spacial score (nSPS) is 46.2. The quantitative estimate of drug-likeness (QED) is 0.337. The summed E-state index contributed by atoms with van der Waals surface area (Å²) in [6.45, 7) is 1.90. The molecule has 0 amide bonds. The fourth-order valence-electron chi connectivity index (χ4n) is 1.08. The van der Waals surface area contributed by atoms with E-state index < -0.39 is 34.0 Å². The predicted molar refractivity (Wildman–Crippen MR) is 32.9 cm³/mol. The van der Waals surface area contributed by atoms with E-state index in [1.54, 1.807) is 0 Å². The van der Waals surface area contributed by atoms with Gasteiger partial charge in [0, 0.05) is 0 Å². The molecule has 1 fully saturated rings. The summed E-state index contributed by atoms with van der Waals surface area (Å²) in [6.07, 6.45) is -1.40. The van der Waals surface area contributed by atoms with Crippen LogP contribution in [0.1, 0.15) is 13.3 Å². The second-order valence-corrected chi connectivity index (χ2v) is 4.54. The number of hydrogen-bond donors (Lipinski definition) is 3. The van der Waals surface area contributed by atoms with Gasteiger partial charge in [-0.3, -0.25) is 0 Å². The fourth-order valence-corrected chi connectivity index (χ4v) is 2.36. The summed E-state index contributed by atoms with van der Waals surface area (Å²) in [5.74, 6) is 0.145. The second kappa shape index (κ2) is 3.99. The summed E-state index contributed by atoms with van der Waals surface area (Å²) in [7, 11) is 0. The zero-order chi connectivity index (χ0) is 8.43. The number of aliphatic hydroxyl groups excluding tert-OH is 2. The van der Waals surface area contributed by atoms with Crippen LogP contribution in [0.3, 0.4) is 0 Å². The van der Waals surface area contributed by atoms with E-state index in [9.17, 15) is 0 Å².